The molecule has 3 amide bonds. The predicted octanol–water partition coefficient (Wildman–Crippen LogP) is 4.67. The number of carbonyl (C=O) groups excluding carboxylic acids is 2. The Hall–Kier alpha value is -3.46. The Balaban J connectivity index is 1.53. The van der Waals surface area contributed by atoms with E-state index in [1.807, 2.05) is 19.1 Å². The predicted molar refractivity (Wildman–Crippen MR) is 138 cm³/mol. The van der Waals surface area contributed by atoms with Crippen molar-refractivity contribution < 1.29 is 14.3 Å². The summed E-state index contributed by atoms with van der Waals surface area (Å²) in [4.78, 5) is 34.2. The molecule has 0 saturated carbocycles. The number of morpholine rings is 1. The largest absolute Gasteiger partial charge is 0.379 e. The van der Waals surface area contributed by atoms with Gasteiger partial charge in [-0.2, -0.15) is 0 Å². The highest BCUT2D eigenvalue weighted by molar-refractivity contribution is 6.30. The second kappa shape index (κ2) is 11.8. The number of carbonyl (C=O) groups is 2. The molecule has 35 heavy (non-hydrogen) atoms. The van der Waals surface area contributed by atoms with Gasteiger partial charge in [-0.25, -0.2) is 9.78 Å². The second-order valence-corrected chi connectivity index (χ2v) is 8.65. The lowest BCUT2D eigenvalue weighted by Gasteiger charge is -2.31. The third-order valence-corrected chi connectivity index (χ3v) is 5.99. The Morgan fingerprint density at radius 1 is 1.06 bits per heavy atom. The zero-order valence-corrected chi connectivity index (χ0v) is 20.3. The van der Waals surface area contributed by atoms with Crippen LogP contribution in [0.15, 0.2) is 66.9 Å². The Kier molecular flexibility index (Phi) is 8.31. The number of urea groups is 1. The van der Waals surface area contributed by atoms with Crippen LogP contribution >= 0.6 is 11.6 Å². The summed E-state index contributed by atoms with van der Waals surface area (Å²) in [5.74, 6) is 0.220. The summed E-state index contributed by atoms with van der Waals surface area (Å²) in [7, 11) is 0. The molecule has 1 aliphatic heterocycles. The summed E-state index contributed by atoms with van der Waals surface area (Å²) < 4.78 is 5.44. The number of halogens is 1. The molecule has 182 valence electrons. The molecule has 0 spiro atoms. The molecule has 8 nitrogen and oxygen atoms in total. The number of anilines is 3. The third kappa shape index (κ3) is 6.79. The summed E-state index contributed by atoms with van der Waals surface area (Å²) in [6.07, 6.45) is 1.62. The summed E-state index contributed by atoms with van der Waals surface area (Å²) in [5, 5.41) is 6.34. The van der Waals surface area contributed by atoms with E-state index >= 15 is 0 Å². The highest BCUT2D eigenvalue weighted by atomic mass is 35.5. The second-order valence-electron chi connectivity index (χ2n) is 8.21. The number of benzene rings is 2. The molecule has 2 N–H and O–H groups in total. The van der Waals surface area contributed by atoms with Crippen LogP contribution in [0.1, 0.15) is 15.9 Å². The van der Waals surface area contributed by atoms with Gasteiger partial charge in [-0.3, -0.25) is 14.6 Å². The average molecular weight is 494 g/mol. The molecule has 0 atom stereocenters. The molecule has 1 aliphatic rings. The zero-order valence-electron chi connectivity index (χ0n) is 19.5. The summed E-state index contributed by atoms with van der Waals surface area (Å²) in [5.41, 5.74) is 2.69. The van der Waals surface area contributed by atoms with Crippen LogP contribution in [-0.2, 0) is 4.74 Å². The molecule has 1 aromatic heterocycles. The first kappa shape index (κ1) is 24.7. The summed E-state index contributed by atoms with van der Waals surface area (Å²) >= 11 is 5.98. The van der Waals surface area contributed by atoms with Crippen molar-refractivity contribution in [3.63, 3.8) is 0 Å². The number of ether oxygens (including phenoxy) is 1. The molecular weight excluding hydrogens is 466 g/mol. The molecule has 9 heteroatoms. The lowest BCUT2D eigenvalue weighted by molar-refractivity contribution is 0.0393. The van der Waals surface area contributed by atoms with Crippen molar-refractivity contribution in [1.82, 2.24) is 9.88 Å². The Morgan fingerprint density at radius 3 is 2.51 bits per heavy atom. The van der Waals surface area contributed by atoms with Gasteiger partial charge in [-0.1, -0.05) is 17.7 Å². The zero-order chi connectivity index (χ0) is 24.6. The molecule has 2 aromatic carbocycles. The van der Waals surface area contributed by atoms with E-state index in [4.69, 9.17) is 16.3 Å². The van der Waals surface area contributed by atoms with Crippen LogP contribution < -0.4 is 15.5 Å². The number of aromatic nitrogens is 1. The van der Waals surface area contributed by atoms with Crippen LogP contribution in [0.4, 0.5) is 22.0 Å². The smallest absolute Gasteiger partial charge is 0.326 e. The fraction of sp³-hybridized carbons (Fsp3) is 0.269. The average Bonchev–Trinajstić information content (AvgIpc) is 2.87. The molecule has 0 bridgehead atoms. The third-order valence-electron chi connectivity index (χ3n) is 5.74. The van der Waals surface area contributed by atoms with Crippen LogP contribution in [0.2, 0.25) is 5.02 Å². The lowest BCUT2D eigenvalue weighted by atomic mass is 10.1. The van der Waals surface area contributed by atoms with Gasteiger partial charge in [-0.05, 0) is 67.1 Å². The van der Waals surface area contributed by atoms with Crippen LogP contribution in [0.3, 0.4) is 0 Å². The normalized spacial score (nSPS) is 13.8. The molecule has 1 saturated heterocycles. The Morgan fingerprint density at radius 2 is 1.83 bits per heavy atom. The standard InChI is InChI=1S/C26H28ClN5O3/c1-19-18-20(25(33)30-24-4-2-3-11-28-24)5-10-23(19)32(13-12-31-14-16-35-17-15-31)26(34)29-22-8-6-21(27)7-9-22/h2-11,18H,12-17H2,1H3,(H,29,34)(H,28,30,33). The molecule has 0 radical (unpaired) electrons. The fourth-order valence-electron chi connectivity index (χ4n) is 3.85. The van der Waals surface area contributed by atoms with Crippen molar-refractivity contribution in [3.05, 3.63) is 83.0 Å². The van der Waals surface area contributed by atoms with Crippen molar-refractivity contribution in [3.8, 4) is 0 Å². The van der Waals surface area contributed by atoms with E-state index in [9.17, 15) is 9.59 Å². The Labute approximate surface area is 209 Å². The number of amides is 3. The molecular formula is C26H28ClN5O3. The number of pyridine rings is 1. The first-order chi connectivity index (χ1) is 17.0. The summed E-state index contributed by atoms with van der Waals surface area (Å²) in [6.45, 7) is 6.13. The highest BCUT2D eigenvalue weighted by Gasteiger charge is 2.21. The van der Waals surface area contributed by atoms with Gasteiger partial charge in [0.15, 0.2) is 0 Å². The summed E-state index contributed by atoms with van der Waals surface area (Å²) in [6, 6.07) is 17.4. The maximum absolute atomic E-state index is 13.3. The number of nitrogens with zero attached hydrogens (tertiary/aromatic N) is 3. The van der Waals surface area contributed by atoms with Gasteiger partial charge < -0.3 is 15.4 Å². The van der Waals surface area contributed by atoms with Gasteiger partial charge >= 0.3 is 6.03 Å². The van der Waals surface area contributed by atoms with E-state index in [2.05, 4.69) is 20.5 Å². The van der Waals surface area contributed by atoms with E-state index in [1.54, 1.807) is 59.6 Å². The van der Waals surface area contributed by atoms with Crippen LogP contribution in [0.5, 0.6) is 0 Å². The molecule has 0 aliphatic carbocycles. The number of hydrogen-bond acceptors (Lipinski definition) is 5. The van der Waals surface area contributed by atoms with E-state index in [0.29, 0.717) is 48.4 Å². The first-order valence-corrected chi connectivity index (χ1v) is 11.8. The van der Waals surface area contributed by atoms with Crippen molar-refractivity contribution in [2.24, 2.45) is 0 Å². The van der Waals surface area contributed by atoms with Crippen LogP contribution in [-0.4, -0.2) is 61.2 Å². The first-order valence-electron chi connectivity index (χ1n) is 11.5. The molecule has 1 fully saturated rings. The number of nitrogens with one attached hydrogen (secondary N) is 2. The minimum absolute atomic E-state index is 0.255. The Bertz CT molecular complexity index is 1150. The van der Waals surface area contributed by atoms with Gasteiger partial charge in [-0.15, -0.1) is 0 Å². The molecule has 4 rings (SSSR count). The van der Waals surface area contributed by atoms with Crippen molar-refractivity contribution >= 4 is 40.7 Å². The van der Waals surface area contributed by atoms with Crippen molar-refractivity contribution in [1.29, 1.82) is 0 Å². The lowest BCUT2D eigenvalue weighted by Crippen LogP contribution is -2.44. The molecule has 0 unspecified atom stereocenters. The van der Waals surface area contributed by atoms with Gasteiger partial charge in [0.05, 0.1) is 13.2 Å². The minimum atomic E-state index is -0.260. The van der Waals surface area contributed by atoms with E-state index in [1.165, 1.54) is 0 Å². The topological polar surface area (TPSA) is 86.8 Å². The maximum atomic E-state index is 13.3. The minimum Gasteiger partial charge on any atom is -0.379 e. The van der Waals surface area contributed by atoms with E-state index in [-0.39, 0.29) is 11.9 Å². The van der Waals surface area contributed by atoms with Crippen LogP contribution in [0.25, 0.3) is 0 Å². The van der Waals surface area contributed by atoms with Crippen molar-refractivity contribution in [2.75, 3.05) is 54.9 Å². The van der Waals surface area contributed by atoms with Crippen LogP contribution in [0, 0.1) is 6.92 Å². The van der Waals surface area contributed by atoms with Crippen molar-refractivity contribution in [2.45, 2.75) is 6.92 Å². The molecule has 3 aromatic rings. The molecule has 2 heterocycles. The quantitative estimate of drug-likeness (QED) is 0.499. The number of aryl methyl sites for hydroxylation is 1. The number of rotatable bonds is 7. The van der Waals surface area contributed by atoms with E-state index in [0.717, 1.165) is 24.3 Å². The fourth-order valence-corrected chi connectivity index (χ4v) is 3.97. The number of hydrogen-bond donors (Lipinski definition) is 2. The SMILES string of the molecule is Cc1cc(C(=O)Nc2ccccn2)ccc1N(CCN1CCOCC1)C(=O)Nc1ccc(Cl)cc1. The van der Waals surface area contributed by atoms with Gasteiger partial charge in [0.25, 0.3) is 5.91 Å². The van der Waals surface area contributed by atoms with Gasteiger partial charge in [0.2, 0.25) is 0 Å². The highest BCUT2D eigenvalue weighted by Crippen LogP contribution is 2.24. The van der Waals surface area contributed by atoms with Gasteiger partial charge in [0, 0.05) is 54.3 Å². The maximum Gasteiger partial charge on any atom is 0.326 e. The van der Waals surface area contributed by atoms with E-state index < -0.39 is 0 Å². The van der Waals surface area contributed by atoms with Gasteiger partial charge in [0.1, 0.15) is 5.82 Å². The monoisotopic (exact) mass is 493 g/mol.